The van der Waals surface area contributed by atoms with Gasteiger partial charge in [0.15, 0.2) is 0 Å². The van der Waals surface area contributed by atoms with Crippen LogP contribution in [-0.4, -0.2) is 27.5 Å². The minimum Gasteiger partial charge on any atom is -0.394 e. The van der Waals surface area contributed by atoms with Crippen molar-refractivity contribution in [1.29, 1.82) is 0 Å². The lowest BCUT2D eigenvalue weighted by atomic mass is 10.0. The molecule has 0 saturated heterocycles. The summed E-state index contributed by atoms with van der Waals surface area (Å²) in [6.45, 7) is 9.53. The Morgan fingerprint density at radius 3 is 2.33 bits per heavy atom. The van der Waals surface area contributed by atoms with Gasteiger partial charge < -0.3 is 14.8 Å². The molecule has 3 nitrogen and oxygen atoms in total. The first-order valence-electron chi connectivity index (χ1n) is 7.67. The molecule has 3 rings (SSSR count). The summed E-state index contributed by atoms with van der Waals surface area (Å²) < 4.78 is 2.08. The van der Waals surface area contributed by atoms with Crippen LogP contribution in [0.4, 0.5) is 0 Å². The predicted octanol–water partition coefficient (Wildman–Crippen LogP) is 3.14. The summed E-state index contributed by atoms with van der Waals surface area (Å²) in [7, 11) is 0. The van der Waals surface area contributed by atoms with E-state index < -0.39 is 6.10 Å². The zero-order chi connectivity index (χ0) is 15.4. The van der Waals surface area contributed by atoms with Crippen LogP contribution < -0.4 is 0 Å². The average molecular weight is 287 g/mol. The minimum absolute atomic E-state index is 0.206. The van der Waals surface area contributed by atoms with Crippen LogP contribution in [0.25, 0.3) is 10.9 Å². The molecule has 1 aromatic carbocycles. The van der Waals surface area contributed by atoms with Gasteiger partial charge in [0.1, 0.15) is 0 Å². The number of hydrogen-bond acceptors (Lipinski definition) is 2. The lowest BCUT2D eigenvalue weighted by molar-refractivity contribution is 0.0822. The number of para-hydroxylation sites is 1. The Labute approximate surface area is 126 Å². The van der Waals surface area contributed by atoms with Crippen molar-refractivity contribution in [2.45, 2.75) is 46.3 Å². The Balaban J connectivity index is 2.09. The van der Waals surface area contributed by atoms with E-state index in [1.165, 1.54) is 10.9 Å². The van der Waals surface area contributed by atoms with Crippen LogP contribution in [0.3, 0.4) is 0 Å². The monoisotopic (exact) mass is 287 g/mol. The molecule has 2 N–H and O–H groups in total. The lowest BCUT2D eigenvalue weighted by Crippen LogP contribution is -2.19. The summed E-state index contributed by atoms with van der Waals surface area (Å²) in [6, 6.07) is 8.35. The summed E-state index contributed by atoms with van der Waals surface area (Å²) >= 11 is 0. The van der Waals surface area contributed by atoms with Gasteiger partial charge in [-0.25, -0.2) is 0 Å². The molecule has 1 aliphatic rings. The van der Waals surface area contributed by atoms with Gasteiger partial charge in [0.2, 0.25) is 0 Å². The highest BCUT2D eigenvalue weighted by Crippen LogP contribution is 2.74. The van der Waals surface area contributed by atoms with Crippen molar-refractivity contribution in [2.24, 2.45) is 10.8 Å². The zero-order valence-electron chi connectivity index (χ0n) is 13.3. The van der Waals surface area contributed by atoms with Gasteiger partial charge in [-0.05, 0) is 28.4 Å². The van der Waals surface area contributed by atoms with Crippen LogP contribution in [0.2, 0.25) is 0 Å². The Morgan fingerprint density at radius 2 is 1.76 bits per heavy atom. The highest BCUT2D eigenvalue weighted by molar-refractivity contribution is 5.85. The molecule has 0 radical (unpaired) electrons. The van der Waals surface area contributed by atoms with E-state index in [0.717, 1.165) is 5.52 Å². The van der Waals surface area contributed by atoms with Crippen LogP contribution in [0.1, 0.15) is 39.2 Å². The van der Waals surface area contributed by atoms with E-state index in [1.807, 2.05) is 6.07 Å². The molecular weight excluding hydrogens is 262 g/mol. The molecular formula is C18H25NO2. The molecule has 1 heterocycles. The second-order valence-corrected chi connectivity index (χ2v) is 7.47. The molecule has 0 bridgehead atoms. The van der Waals surface area contributed by atoms with Gasteiger partial charge in [-0.1, -0.05) is 45.9 Å². The van der Waals surface area contributed by atoms with Crippen LogP contribution in [0, 0.1) is 10.8 Å². The first-order chi connectivity index (χ1) is 9.80. The van der Waals surface area contributed by atoms with E-state index in [-0.39, 0.29) is 17.4 Å². The van der Waals surface area contributed by atoms with E-state index in [9.17, 15) is 5.11 Å². The number of nitrogens with zero attached hydrogens (tertiary/aromatic N) is 1. The number of aliphatic hydroxyl groups excluding tert-OH is 2. The van der Waals surface area contributed by atoms with Gasteiger partial charge in [0.25, 0.3) is 0 Å². The van der Waals surface area contributed by atoms with Gasteiger partial charge in [0.05, 0.1) is 19.3 Å². The SMILES string of the molecule is CC1(C)C(c2cn(C[C@@H](O)CO)c3ccccc23)C1(C)C. The first-order valence-corrected chi connectivity index (χ1v) is 7.67. The van der Waals surface area contributed by atoms with Gasteiger partial charge in [0, 0.05) is 17.1 Å². The smallest absolute Gasteiger partial charge is 0.0949 e. The maximum atomic E-state index is 9.77. The fraction of sp³-hybridized carbons (Fsp3) is 0.556. The van der Waals surface area contributed by atoms with Crippen molar-refractivity contribution in [2.75, 3.05) is 6.61 Å². The largest absolute Gasteiger partial charge is 0.394 e. The Morgan fingerprint density at radius 1 is 1.14 bits per heavy atom. The summed E-state index contributed by atoms with van der Waals surface area (Å²) in [5.74, 6) is 0.530. The van der Waals surface area contributed by atoms with E-state index >= 15 is 0 Å². The van der Waals surface area contributed by atoms with Gasteiger partial charge >= 0.3 is 0 Å². The molecule has 1 saturated carbocycles. The fourth-order valence-electron chi connectivity index (χ4n) is 3.91. The van der Waals surface area contributed by atoms with E-state index in [2.05, 4.69) is 56.7 Å². The molecule has 0 spiro atoms. The van der Waals surface area contributed by atoms with Crippen molar-refractivity contribution in [1.82, 2.24) is 4.57 Å². The predicted molar refractivity (Wildman–Crippen MR) is 85.3 cm³/mol. The quantitative estimate of drug-likeness (QED) is 0.907. The van der Waals surface area contributed by atoms with Crippen molar-refractivity contribution in [3.05, 3.63) is 36.0 Å². The maximum Gasteiger partial charge on any atom is 0.0949 e. The molecule has 3 heteroatoms. The number of aromatic nitrogens is 1. The van der Waals surface area contributed by atoms with Crippen LogP contribution in [0.15, 0.2) is 30.5 Å². The topological polar surface area (TPSA) is 45.4 Å². The zero-order valence-corrected chi connectivity index (χ0v) is 13.3. The van der Waals surface area contributed by atoms with E-state index in [1.54, 1.807) is 0 Å². The minimum atomic E-state index is -0.714. The second kappa shape index (κ2) is 4.59. The molecule has 2 aromatic rings. The number of hydrogen-bond donors (Lipinski definition) is 2. The first kappa shape index (κ1) is 14.6. The van der Waals surface area contributed by atoms with E-state index in [4.69, 9.17) is 5.11 Å². The van der Waals surface area contributed by atoms with Crippen molar-refractivity contribution in [3.8, 4) is 0 Å². The van der Waals surface area contributed by atoms with Crippen molar-refractivity contribution >= 4 is 10.9 Å². The number of aliphatic hydroxyl groups is 2. The molecule has 1 aromatic heterocycles. The molecule has 114 valence electrons. The molecule has 21 heavy (non-hydrogen) atoms. The number of rotatable bonds is 4. The molecule has 0 amide bonds. The van der Waals surface area contributed by atoms with Crippen LogP contribution in [-0.2, 0) is 6.54 Å². The summed E-state index contributed by atoms with van der Waals surface area (Å²) in [6.07, 6.45) is 1.46. The normalized spacial score (nSPS) is 21.6. The molecule has 1 fully saturated rings. The van der Waals surface area contributed by atoms with Crippen LogP contribution in [0.5, 0.6) is 0 Å². The molecule has 1 atom stereocenters. The highest BCUT2D eigenvalue weighted by Gasteiger charge is 2.65. The van der Waals surface area contributed by atoms with Crippen molar-refractivity contribution < 1.29 is 10.2 Å². The third-order valence-electron chi connectivity index (χ3n) is 5.77. The van der Waals surface area contributed by atoms with Gasteiger partial charge in [-0.2, -0.15) is 0 Å². The standard InChI is InChI=1S/C18H25NO2/c1-17(2)16(18(17,3)4)14-10-19(9-12(21)11-20)15-8-6-5-7-13(14)15/h5-8,10,12,16,20-21H,9,11H2,1-4H3/t12-/m1/s1. The molecule has 1 aliphatic carbocycles. The molecule has 0 unspecified atom stereocenters. The molecule has 0 aliphatic heterocycles. The Bertz CT molecular complexity index is 655. The third-order valence-corrected chi connectivity index (χ3v) is 5.77. The second-order valence-electron chi connectivity index (χ2n) is 7.47. The van der Waals surface area contributed by atoms with Gasteiger partial charge in [-0.15, -0.1) is 0 Å². The number of benzene rings is 1. The summed E-state index contributed by atoms with van der Waals surface area (Å²) in [5.41, 5.74) is 3.08. The maximum absolute atomic E-state index is 9.77. The van der Waals surface area contributed by atoms with Gasteiger partial charge in [-0.3, -0.25) is 0 Å². The summed E-state index contributed by atoms with van der Waals surface area (Å²) in [4.78, 5) is 0. The Kier molecular flexibility index (Phi) is 3.19. The lowest BCUT2D eigenvalue weighted by Gasteiger charge is -2.09. The van der Waals surface area contributed by atoms with Crippen LogP contribution >= 0.6 is 0 Å². The van der Waals surface area contributed by atoms with E-state index in [0.29, 0.717) is 12.5 Å². The van der Waals surface area contributed by atoms with Crippen molar-refractivity contribution in [3.63, 3.8) is 0 Å². The highest BCUT2D eigenvalue weighted by atomic mass is 16.3. The Hall–Kier alpha value is -1.32. The third kappa shape index (κ3) is 2.02. The average Bonchev–Trinajstić information content (AvgIpc) is 2.71. The summed E-state index contributed by atoms with van der Waals surface area (Å²) in [5, 5.41) is 20.1. The number of fused-ring (bicyclic) bond motifs is 1. The fourth-order valence-corrected chi connectivity index (χ4v) is 3.91.